The Morgan fingerprint density at radius 3 is 2.21 bits per heavy atom. The zero-order valence-corrected chi connectivity index (χ0v) is 16.3. The zero-order valence-electron chi connectivity index (χ0n) is 16.3. The summed E-state index contributed by atoms with van der Waals surface area (Å²) < 4.78 is 11.4. The van der Waals surface area contributed by atoms with Gasteiger partial charge in [0.2, 0.25) is 0 Å². The van der Waals surface area contributed by atoms with Crippen molar-refractivity contribution in [1.82, 2.24) is 9.97 Å². The van der Waals surface area contributed by atoms with Crippen LogP contribution in [0.4, 0.5) is 5.69 Å². The number of ether oxygens (including phenoxy) is 2. The van der Waals surface area contributed by atoms with Crippen LogP contribution < -0.4 is 25.9 Å². The molecule has 2 aromatic carbocycles. The predicted molar refractivity (Wildman–Crippen MR) is 111 cm³/mol. The summed E-state index contributed by atoms with van der Waals surface area (Å²) in [5.74, 6) is 0.840. The Balaban J connectivity index is 1.83. The van der Waals surface area contributed by atoms with Gasteiger partial charge in [-0.25, -0.2) is 0 Å². The van der Waals surface area contributed by atoms with Gasteiger partial charge in [0, 0.05) is 17.3 Å². The summed E-state index contributed by atoms with van der Waals surface area (Å²) in [5.41, 5.74) is 0.203. The van der Waals surface area contributed by atoms with E-state index in [0.717, 1.165) is 12.8 Å². The second-order valence-corrected chi connectivity index (χ2v) is 6.48. The Morgan fingerprint density at radius 1 is 0.862 bits per heavy atom. The molecule has 0 aliphatic heterocycles. The van der Waals surface area contributed by atoms with Crippen molar-refractivity contribution in [1.29, 1.82) is 0 Å². The van der Waals surface area contributed by atoms with Crippen LogP contribution in [-0.4, -0.2) is 29.1 Å². The average molecular weight is 397 g/mol. The number of hydrogen-bond donors (Lipinski definition) is 3. The molecule has 1 heterocycles. The summed E-state index contributed by atoms with van der Waals surface area (Å²) in [7, 11) is 0. The molecule has 1 aromatic heterocycles. The number of nitrogens with one attached hydrogen (secondary N) is 3. The third kappa shape index (κ3) is 4.84. The van der Waals surface area contributed by atoms with Gasteiger partial charge < -0.3 is 24.8 Å². The first-order valence-corrected chi connectivity index (χ1v) is 9.49. The Hall–Kier alpha value is -3.55. The van der Waals surface area contributed by atoms with Crippen LogP contribution in [0.1, 0.15) is 37.0 Å². The lowest BCUT2D eigenvalue weighted by Crippen LogP contribution is -2.29. The van der Waals surface area contributed by atoms with E-state index < -0.39 is 11.1 Å². The summed E-state index contributed by atoms with van der Waals surface area (Å²) in [5, 5.41) is 2.81. The quantitative estimate of drug-likeness (QED) is 0.506. The molecule has 0 bridgehead atoms. The highest BCUT2D eigenvalue weighted by Gasteiger charge is 2.12. The van der Waals surface area contributed by atoms with Gasteiger partial charge in [0.1, 0.15) is 0 Å². The van der Waals surface area contributed by atoms with Gasteiger partial charge in [0.05, 0.1) is 24.2 Å². The molecule has 3 aromatic rings. The molecule has 3 N–H and O–H groups in total. The molecular formula is C21H23N3O5. The van der Waals surface area contributed by atoms with Gasteiger partial charge in [-0.2, -0.15) is 0 Å². The molecule has 0 fully saturated rings. The molecule has 8 heteroatoms. The van der Waals surface area contributed by atoms with E-state index in [1.54, 1.807) is 30.3 Å². The second kappa shape index (κ2) is 9.09. The molecule has 0 radical (unpaired) electrons. The van der Waals surface area contributed by atoms with Gasteiger partial charge in [-0.05, 0) is 43.2 Å². The van der Waals surface area contributed by atoms with Gasteiger partial charge in [-0.3, -0.25) is 14.4 Å². The Kier molecular flexibility index (Phi) is 6.33. The lowest BCUT2D eigenvalue weighted by atomic mass is 10.1. The molecule has 0 spiro atoms. The van der Waals surface area contributed by atoms with E-state index in [4.69, 9.17) is 9.47 Å². The van der Waals surface area contributed by atoms with E-state index in [-0.39, 0.29) is 5.91 Å². The highest BCUT2D eigenvalue weighted by molar-refractivity contribution is 6.06. The molecule has 1 amide bonds. The Morgan fingerprint density at radius 2 is 1.52 bits per heavy atom. The average Bonchev–Trinajstić information content (AvgIpc) is 2.72. The normalized spacial score (nSPS) is 10.7. The van der Waals surface area contributed by atoms with Crippen LogP contribution in [-0.2, 0) is 0 Å². The molecule has 29 heavy (non-hydrogen) atoms. The van der Waals surface area contributed by atoms with Gasteiger partial charge >= 0.3 is 11.1 Å². The number of carbonyl (C=O) groups is 1. The van der Waals surface area contributed by atoms with E-state index in [2.05, 4.69) is 15.3 Å². The molecule has 0 aliphatic rings. The molecule has 0 atom stereocenters. The predicted octanol–water partition coefficient (Wildman–Crippen LogP) is 3.05. The minimum atomic E-state index is -0.768. The van der Waals surface area contributed by atoms with Crippen molar-refractivity contribution in [3.05, 3.63) is 62.7 Å². The number of aromatic nitrogens is 2. The molecule has 8 nitrogen and oxygen atoms in total. The first kappa shape index (κ1) is 20.2. The summed E-state index contributed by atoms with van der Waals surface area (Å²) in [6, 6.07) is 9.87. The van der Waals surface area contributed by atoms with Gasteiger partial charge in [-0.15, -0.1) is 0 Å². The van der Waals surface area contributed by atoms with Crippen molar-refractivity contribution in [3.63, 3.8) is 0 Å². The van der Waals surface area contributed by atoms with Crippen molar-refractivity contribution < 1.29 is 14.3 Å². The topological polar surface area (TPSA) is 113 Å². The number of fused-ring (bicyclic) bond motifs is 1. The second-order valence-electron chi connectivity index (χ2n) is 6.48. The van der Waals surface area contributed by atoms with Crippen LogP contribution in [0.25, 0.3) is 11.0 Å². The van der Waals surface area contributed by atoms with E-state index >= 15 is 0 Å². The van der Waals surface area contributed by atoms with Crippen molar-refractivity contribution in [3.8, 4) is 11.5 Å². The molecule has 152 valence electrons. The first-order valence-electron chi connectivity index (χ1n) is 9.49. The van der Waals surface area contributed by atoms with Crippen LogP contribution in [0.3, 0.4) is 0 Å². The van der Waals surface area contributed by atoms with Gasteiger partial charge in [0.25, 0.3) is 5.91 Å². The minimum Gasteiger partial charge on any atom is -0.490 e. The van der Waals surface area contributed by atoms with E-state index in [1.807, 2.05) is 13.8 Å². The monoisotopic (exact) mass is 397 g/mol. The summed E-state index contributed by atoms with van der Waals surface area (Å²) in [6.07, 6.45) is 1.72. The fraction of sp³-hybridized carbons (Fsp3) is 0.286. The maximum atomic E-state index is 12.6. The number of carbonyl (C=O) groups excluding carboxylic acids is 1. The third-order valence-corrected chi connectivity index (χ3v) is 4.11. The lowest BCUT2D eigenvalue weighted by molar-refractivity contribution is 0.102. The largest absolute Gasteiger partial charge is 0.490 e. The molecule has 0 unspecified atom stereocenters. The lowest BCUT2D eigenvalue weighted by Gasteiger charge is -2.14. The maximum Gasteiger partial charge on any atom is 0.314 e. The number of benzene rings is 2. The van der Waals surface area contributed by atoms with Crippen molar-refractivity contribution in [2.45, 2.75) is 26.7 Å². The number of amides is 1. The molecular weight excluding hydrogens is 374 g/mol. The summed E-state index contributed by atoms with van der Waals surface area (Å²) in [4.78, 5) is 40.5. The third-order valence-electron chi connectivity index (χ3n) is 4.11. The number of aromatic amines is 2. The van der Waals surface area contributed by atoms with Crippen LogP contribution in [0.2, 0.25) is 0 Å². The summed E-state index contributed by atoms with van der Waals surface area (Å²) in [6.45, 7) is 5.14. The molecule has 0 saturated carbocycles. The zero-order chi connectivity index (χ0) is 20.8. The van der Waals surface area contributed by atoms with E-state index in [0.29, 0.717) is 47.0 Å². The standard InChI is InChI=1S/C21H23N3O5/c1-3-9-28-17-8-6-14(12-18(17)29-10-4-2)22-19(25)13-5-7-15-16(11-13)24-21(27)20(26)23-15/h5-8,11-12H,3-4,9-10H2,1-2H3,(H,22,25)(H,23,26)(H,24,27). The fourth-order valence-electron chi connectivity index (χ4n) is 2.70. The number of H-pyrrole nitrogens is 2. The van der Waals surface area contributed by atoms with Crippen molar-refractivity contribution in [2.24, 2.45) is 0 Å². The van der Waals surface area contributed by atoms with E-state index in [1.165, 1.54) is 6.07 Å². The first-order chi connectivity index (χ1) is 14.0. The van der Waals surface area contributed by atoms with Gasteiger partial charge in [-0.1, -0.05) is 13.8 Å². The SMILES string of the molecule is CCCOc1ccc(NC(=O)c2ccc3[nH]c(=O)c(=O)[nH]c3c2)cc1OCCC. The van der Waals surface area contributed by atoms with Crippen LogP contribution in [0.15, 0.2) is 46.0 Å². The molecule has 0 saturated heterocycles. The summed E-state index contributed by atoms with van der Waals surface area (Å²) >= 11 is 0. The fourth-order valence-corrected chi connectivity index (χ4v) is 2.70. The highest BCUT2D eigenvalue weighted by Crippen LogP contribution is 2.31. The highest BCUT2D eigenvalue weighted by atomic mass is 16.5. The van der Waals surface area contributed by atoms with Gasteiger partial charge in [0.15, 0.2) is 11.5 Å². The van der Waals surface area contributed by atoms with Crippen molar-refractivity contribution in [2.75, 3.05) is 18.5 Å². The molecule has 0 aliphatic carbocycles. The number of hydrogen-bond acceptors (Lipinski definition) is 5. The van der Waals surface area contributed by atoms with Crippen LogP contribution >= 0.6 is 0 Å². The van der Waals surface area contributed by atoms with E-state index in [9.17, 15) is 14.4 Å². The Bertz CT molecular complexity index is 1130. The van der Waals surface area contributed by atoms with Crippen LogP contribution in [0.5, 0.6) is 11.5 Å². The minimum absolute atomic E-state index is 0.336. The number of anilines is 1. The van der Waals surface area contributed by atoms with Crippen molar-refractivity contribution >= 4 is 22.6 Å². The molecule has 3 rings (SSSR count). The Labute approximate surface area is 166 Å². The smallest absolute Gasteiger partial charge is 0.314 e. The maximum absolute atomic E-state index is 12.6. The number of rotatable bonds is 8. The van der Waals surface area contributed by atoms with Crippen LogP contribution in [0, 0.1) is 0 Å².